The Labute approximate surface area is 160 Å². The predicted molar refractivity (Wildman–Crippen MR) is 102 cm³/mol. The van der Waals surface area contributed by atoms with Crippen LogP contribution in [0, 0.1) is 5.92 Å². The fraction of sp³-hybridized carbons (Fsp3) is 0.500. The molecule has 0 unspecified atom stereocenters. The highest BCUT2D eigenvalue weighted by Crippen LogP contribution is 2.35. The van der Waals surface area contributed by atoms with Gasteiger partial charge in [0.05, 0.1) is 32.4 Å². The summed E-state index contributed by atoms with van der Waals surface area (Å²) in [5.74, 6) is 0.957. The summed E-state index contributed by atoms with van der Waals surface area (Å²) in [5, 5.41) is 5.44. The maximum Gasteiger partial charge on any atom is 0.338 e. The van der Waals surface area contributed by atoms with Gasteiger partial charge in [-0.25, -0.2) is 9.59 Å². The minimum absolute atomic E-state index is 0.278. The Morgan fingerprint density at radius 2 is 2.00 bits per heavy atom. The summed E-state index contributed by atoms with van der Waals surface area (Å²) in [6.45, 7) is 6.16. The Balaban J connectivity index is 2.34. The lowest BCUT2D eigenvalue weighted by Crippen LogP contribution is -2.45. The summed E-state index contributed by atoms with van der Waals surface area (Å²) >= 11 is 0. The predicted octanol–water partition coefficient (Wildman–Crippen LogP) is 3.31. The number of hydrogen-bond donors (Lipinski definition) is 2. The number of ether oxygens (including phenoxy) is 3. The summed E-state index contributed by atoms with van der Waals surface area (Å²) in [6, 6.07) is 4.19. The van der Waals surface area contributed by atoms with Crippen molar-refractivity contribution in [2.24, 2.45) is 5.92 Å². The van der Waals surface area contributed by atoms with E-state index in [1.165, 1.54) is 7.11 Å². The van der Waals surface area contributed by atoms with E-state index in [9.17, 15) is 9.59 Å². The largest absolute Gasteiger partial charge is 0.497 e. The van der Waals surface area contributed by atoms with Crippen LogP contribution in [0.2, 0.25) is 0 Å². The van der Waals surface area contributed by atoms with Crippen molar-refractivity contribution in [1.29, 1.82) is 0 Å². The van der Waals surface area contributed by atoms with Gasteiger partial charge in [0, 0.05) is 17.3 Å². The molecule has 0 radical (unpaired) electrons. The maximum absolute atomic E-state index is 12.8. The molecule has 1 aromatic carbocycles. The Morgan fingerprint density at radius 1 is 1.26 bits per heavy atom. The molecule has 7 nitrogen and oxygen atoms in total. The van der Waals surface area contributed by atoms with Gasteiger partial charge in [0.15, 0.2) is 0 Å². The van der Waals surface area contributed by atoms with Gasteiger partial charge in [-0.1, -0.05) is 20.3 Å². The molecule has 1 aliphatic rings. The molecule has 2 amide bonds. The zero-order valence-corrected chi connectivity index (χ0v) is 16.5. The normalized spacial score (nSPS) is 17.7. The fourth-order valence-corrected chi connectivity index (χ4v) is 3.13. The summed E-state index contributed by atoms with van der Waals surface area (Å²) in [6.07, 6.45) is 2.01. The monoisotopic (exact) mass is 376 g/mol. The summed E-state index contributed by atoms with van der Waals surface area (Å²) in [5.41, 5.74) is 1.48. The molecule has 0 aromatic heterocycles. The number of nitrogens with one attached hydrogen (secondary N) is 2. The minimum atomic E-state index is -0.673. The van der Waals surface area contributed by atoms with Gasteiger partial charge in [-0.3, -0.25) is 0 Å². The second kappa shape index (κ2) is 9.30. The third kappa shape index (κ3) is 4.93. The number of carbonyl (C=O) groups is 2. The molecule has 1 heterocycles. The first kappa shape index (κ1) is 20.6. The number of allylic oxidation sites excluding steroid dienone is 1. The van der Waals surface area contributed by atoms with Crippen molar-refractivity contribution in [3.63, 3.8) is 0 Å². The molecule has 2 rings (SSSR count). The van der Waals surface area contributed by atoms with Gasteiger partial charge in [-0.2, -0.15) is 0 Å². The highest BCUT2D eigenvalue weighted by Gasteiger charge is 2.34. The maximum atomic E-state index is 12.8. The Morgan fingerprint density at radius 3 is 2.63 bits per heavy atom. The van der Waals surface area contributed by atoms with E-state index in [1.54, 1.807) is 32.2 Å². The molecule has 1 aliphatic heterocycles. The van der Waals surface area contributed by atoms with Gasteiger partial charge in [-0.05, 0) is 31.4 Å². The Hall–Kier alpha value is -2.70. The number of urea groups is 1. The molecule has 7 heteroatoms. The number of rotatable bonds is 8. The molecule has 148 valence electrons. The lowest BCUT2D eigenvalue weighted by Gasteiger charge is -2.29. The molecule has 2 N–H and O–H groups in total. The molecule has 0 fully saturated rings. The highest BCUT2D eigenvalue weighted by molar-refractivity contribution is 5.95. The Kier molecular flexibility index (Phi) is 7.10. The molecule has 0 saturated carbocycles. The molecular weight excluding hydrogens is 348 g/mol. The van der Waals surface area contributed by atoms with Crippen molar-refractivity contribution in [3.05, 3.63) is 35.0 Å². The smallest absolute Gasteiger partial charge is 0.338 e. The molecular formula is C20H28N2O5. The average Bonchev–Trinajstić information content (AvgIpc) is 2.65. The van der Waals surface area contributed by atoms with Crippen LogP contribution in [0.25, 0.3) is 0 Å². The first-order valence-electron chi connectivity index (χ1n) is 9.08. The highest BCUT2D eigenvalue weighted by atomic mass is 16.5. The zero-order valence-electron chi connectivity index (χ0n) is 16.5. The summed E-state index contributed by atoms with van der Waals surface area (Å²) in [4.78, 5) is 24.8. The van der Waals surface area contributed by atoms with Crippen LogP contribution in [0.15, 0.2) is 29.5 Å². The van der Waals surface area contributed by atoms with Gasteiger partial charge >= 0.3 is 12.0 Å². The van der Waals surface area contributed by atoms with Crippen molar-refractivity contribution in [2.45, 2.75) is 39.7 Å². The molecule has 1 aromatic rings. The summed E-state index contributed by atoms with van der Waals surface area (Å²) in [7, 11) is 3.09. The summed E-state index contributed by atoms with van der Waals surface area (Å²) < 4.78 is 16.2. The van der Waals surface area contributed by atoms with E-state index in [0.29, 0.717) is 34.9 Å². The van der Waals surface area contributed by atoms with E-state index in [4.69, 9.17) is 14.2 Å². The second-order valence-corrected chi connectivity index (χ2v) is 6.67. The van der Waals surface area contributed by atoms with Crippen molar-refractivity contribution >= 4 is 12.0 Å². The average molecular weight is 376 g/mol. The van der Waals surface area contributed by atoms with Crippen molar-refractivity contribution < 1.29 is 23.8 Å². The van der Waals surface area contributed by atoms with Gasteiger partial charge in [-0.15, -0.1) is 0 Å². The van der Waals surface area contributed by atoms with E-state index in [-0.39, 0.29) is 11.9 Å². The van der Waals surface area contributed by atoms with Crippen LogP contribution in [-0.2, 0) is 9.53 Å². The first-order valence-corrected chi connectivity index (χ1v) is 9.08. The lowest BCUT2D eigenvalue weighted by molar-refractivity contribution is -0.140. The van der Waals surface area contributed by atoms with Gasteiger partial charge in [0.2, 0.25) is 0 Å². The van der Waals surface area contributed by atoms with Gasteiger partial charge < -0.3 is 24.8 Å². The first-order chi connectivity index (χ1) is 12.9. The number of methoxy groups -OCH3 is 2. The van der Waals surface area contributed by atoms with E-state index < -0.39 is 12.0 Å². The molecule has 0 spiro atoms. The lowest BCUT2D eigenvalue weighted by atomic mass is 9.94. The van der Waals surface area contributed by atoms with Gasteiger partial charge in [0.25, 0.3) is 0 Å². The number of amides is 2. The van der Waals surface area contributed by atoms with Crippen LogP contribution in [0.5, 0.6) is 11.5 Å². The van der Waals surface area contributed by atoms with E-state index in [1.807, 2.05) is 6.92 Å². The fourth-order valence-electron chi connectivity index (χ4n) is 3.13. The minimum Gasteiger partial charge on any atom is -0.497 e. The molecule has 0 saturated heterocycles. The molecule has 27 heavy (non-hydrogen) atoms. The SMILES string of the molecule is CCC[C@@H](C)COC(=O)C1=C(C)NC(=O)N[C@@H]1c1ccc(OC)cc1OC. The van der Waals surface area contributed by atoms with Crippen LogP contribution in [0.4, 0.5) is 4.79 Å². The topological polar surface area (TPSA) is 85.9 Å². The quantitative estimate of drug-likeness (QED) is 0.680. The number of carbonyl (C=O) groups excluding carboxylic acids is 2. The zero-order chi connectivity index (χ0) is 20.0. The van der Waals surface area contributed by atoms with Crippen molar-refractivity contribution in [2.75, 3.05) is 20.8 Å². The van der Waals surface area contributed by atoms with E-state index in [2.05, 4.69) is 17.6 Å². The van der Waals surface area contributed by atoms with Crippen molar-refractivity contribution in [1.82, 2.24) is 10.6 Å². The molecule has 2 atom stereocenters. The molecule has 0 bridgehead atoms. The second-order valence-electron chi connectivity index (χ2n) is 6.67. The van der Waals surface area contributed by atoms with Crippen molar-refractivity contribution in [3.8, 4) is 11.5 Å². The third-order valence-electron chi connectivity index (χ3n) is 4.52. The molecule has 0 aliphatic carbocycles. The van der Waals surface area contributed by atoms with Crippen LogP contribution in [0.3, 0.4) is 0 Å². The third-order valence-corrected chi connectivity index (χ3v) is 4.52. The van der Waals surface area contributed by atoms with E-state index >= 15 is 0 Å². The van der Waals surface area contributed by atoms with Crippen LogP contribution < -0.4 is 20.1 Å². The standard InChI is InChI=1S/C20H28N2O5/c1-6-7-12(2)11-27-19(23)17-13(3)21-20(24)22-18(17)15-9-8-14(25-4)10-16(15)26-5/h8-10,12,18H,6-7,11H2,1-5H3,(H2,21,22,24)/t12-,18-/m1/s1. The number of esters is 1. The van der Waals surface area contributed by atoms with Crippen LogP contribution in [-0.4, -0.2) is 32.8 Å². The Bertz CT molecular complexity index is 729. The van der Waals surface area contributed by atoms with Gasteiger partial charge in [0.1, 0.15) is 11.5 Å². The van der Waals surface area contributed by atoms with Crippen LogP contribution in [0.1, 0.15) is 45.2 Å². The van der Waals surface area contributed by atoms with Crippen LogP contribution >= 0.6 is 0 Å². The number of benzene rings is 1. The van der Waals surface area contributed by atoms with E-state index in [0.717, 1.165) is 12.8 Å². The number of hydrogen-bond acceptors (Lipinski definition) is 5.